The number of sulfonamides is 1. The summed E-state index contributed by atoms with van der Waals surface area (Å²) in [5.41, 5.74) is 2.11. The predicted octanol–water partition coefficient (Wildman–Crippen LogP) is 2.38. The Balaban J connectivity index is 2.17. The summed E-state index contributed by atoms with van der Waals surface area (Å²) in [5, 5.41) is 2.48. The van der Waals surface area contributed by atoms with E-state index in [-0.39, 0.29) is 17.0 Å². The summed E-state index contributed by atoms with van der Waals surface area (Å²) in [6.07, 6.45) is 0. The number of carbonyl (C=O) groups is 1. The number of hydrogen-bond acceptors (Lipinski definition) is 5. The number of anilines is 1. The lowest BCUT2D eigenvalue weighted by molar-refractivity contribution is 0.0960. The third-order valence-corrected chi connectivity index (χ3v) is 5.88. The first kappa shape index (κ1) is 21.7. The van der Waals surface area contributed by atoms with E-state index in [1.807, 2.05) is 24.3 Å². The van der Waals surface area contributed by atoms with Crippen molar-refractivity contribution < 1.29 is 17.9 Å². The smallest absolute Gasteiger partial charge is 0.254 e. The number of methoxy groups -OCH3 is 1. The van der Waals surface area contributed by atoms with E-state index < -0.39 is 15.9 Å². The minimum atomic E-state index is -3.78. The summed E-state index contributed by atoms with van der Waals surface area (Å²) in [6, 6.07) is 12.0. The summed E-state index contributed by atoms with van der Waals surface area (Å²) >= 11 is 0. The molecule has 2 aromatic carbocycles. The van der Waals surface area contributed by atoms with Gasteiger partial charge >= 0.3 is 0 Å². The Hall–Kier alpha value is -2.58. The van der Waals surface area contributed by atoms with Crippen molar-refractivity contribution in [3.63, 3.8) is 0 Å². The second kappa shape index (κ2) is 9.57. The van der Waals surface area contributed by atoms with Gasteiger partial charge in [-0.25, -0.2) is 13.1 Å². The number of amides is 1. The van der Waals surface area contributed by atoms with Crippen molar-refractivity contribution in [1.29, 1.82) is 0 Å². The number of ether oxygens (including phenoxy) is 1. The molecule has 2 rings (SSSR count). The van der Waals surface area contributed by atoms with Gasteiger partial charge in [-0.2, -0.15) is 0 Å². The standard InChI is InChI=1S/C20H27N3O4S/c1-5-23(6-2)16-9-7-15(8-10-16)14-22-28(25,26)17-11-12-19(27-4)18(13-17)20(24)21-3/h7-13,22H,5-6,14H2,1-4H3,(H,21,24). The quantitative estimate of drug-likeness (QED) is 0.669. The molecule has 0 atom stereocenters. The third kappa shape index (κ3) is 5.02. The monoisotopic (exact) mass is 405 g/mol. The van der Waals surface area contributed by atoms with E-state index in [1.54, 1.807) is 0 Å². The topological polar surface area (TPSA) is 87.7 Å². The number of carbonyl (C=O) groups excluding carboxylic acids is 1. The first-order valence-corrected chi connectivity index (χ1v) is 10.6. The van der Waals surface area contributed by atoms with Gasteiger partial charge in [0.15, 0.2) is 0 Å². The van der Waals surface area contributed by atoms with Crippen LogP contribution >= 0.6 is 0 Å². The van der Waals surface area contributed by atoms with Crippen LogP contribution in [-0.2, 0) is 16.6 Å². The molecule has 0 saturated carbocycles. The summed E-state index contributed by atoms with van der Waals surface area (Å²) in [4.78, 5) is 14.2. The van der Waals surface area contributed by atoms with E-state index in [1.165, 1.54) is 32.4 Å². The summed E-state index contributed by atoms with van der Waals surface area (Å²) in [5.74, 6) is -0.105. The average molecular weight is 406 g/mol. The highest BCUT2D eigenvalue weighted by atomic mass is 32.2. The van der Waals surface area contributed by atoms with Crippen LogP contribution in [0.5, 0.6) is 5.75 Å². The van der Waals surface area contributed by atoms with Gasteiger partial charge in [0, 0.05) is 32.4 Å². The Morgan fingerprint density at radius 3 is 2.25 bits per heavy atom. The molecule has 28 heavy (non-hydrogen) atoms. The minimum Gasteiger partial charge on any atom is -0.496 e. The fraction of sp³-hybridized carbons (Fsp3) is 0.350. The fourth-order valence-electron chi connectivity index (χ4n) is 2.84. The second-order valence-electron chi connectivity index (χ2n) is 6.10. The molecule has 2 aromatic rings. The van der Waals surface area contributed by atoms with Crippen LogP contribution in [-0.4, -0.2) is 41.6 Å². The van der Waals surface area contributed by atoms with E-state index >= 15 is 0 Å². The number of nitrogens with one attached hydrogen (secondary N) is 2. The predicted molar refractivity (Wildman–Crippen MR) is 110 cm³/mol. The molecule has 0 fully saturated rings. The zero-order chi connectivity index (χ0) is 20.7. The van der Waals surface area contributed by atoms with E-state index in [4.69, 9.17) is 4.74 Å². The largest absolute Gasteiger partial charge is 0.496 e. The van der Waals surface area contributed by atoms with Crippen LogP contribution in [0.4, 0.5) is 5.69 Å². The van der Waals surface area contributed by atoms with Crippen LogP contribution in [0.2, 0.25) is 0 Å². The normalized spacial score (nSPS) is 11.1. The molecule has 0 saturated heterocycles. The minimum absolute atomic E-state index is 0.00617. The van der Waals surface area contributed by atoms with Crippen molar-refractivity contribution in [1.82, 2.24) is 10.0 Å². The second-order valence-corrected chi connectivity index (χ2v) is 7.87. The van der Waals surface area contributed by atoms with Gasteiger partial charge in [0.25, 0.3) is 5.91 Å². The SMILES string of the molecule is CCN(CC)c1ccc(CNS(=O)(=O)c2ccc(OC)c(C(=O)NC)c2)cc1. The molecule has 0 heterocycles. The fourth-order valence-corrected chi connectivity index (χ4v) is 3.88. The molecular formula is C20H27N3O4S. The number of hydrogen-bond donors (Lipinski definition) is 2. The lowest BCUT2D eigenvalue weighted by Gasteiger charge is -2.21. The molecule has 0 aliphatic heterocycles. The molecule has 8 heteroatoms. The Morgan fingerprint density at radius 2 is 1.71 bits per heavy atom. The van der Waals surface area contributed by atoms with Gasteiger partial charge < -0.3 is 15.0 Å². The molecule has 152 valence electrons. The van der Waals surface area contributed by atoms with E-state index in [0.717, 1.165) is 24.3 Å². The zero-order valence-electron chi connectivity index (χ0n) is 16.7. The van der Waals surface area contributed by atoms with Crippen molar-refractivity contribution in [2.24, 2.45) is 0 Å². The maximum Gasteiger partial charge on any atom is 0.254 e. The first-order chi connectivity index (χ1) is 13.4. The van der Waals surface area contributed by atoms with Crippen molar-refractivity contribution in [2.45, 2.75) is 25.3 Å². The Morgan fingerprint density at radius 1 is 1.07 bits per heavy atom. The average Bonchev–Trinajstić information content (AvgIpc) is 2.73. The Labute approximate surface area is 166 Å². The van der Waals surface area contributed by atoms with Gasteiger partial charge in [-0.1, -0.05) is 12.1 Å². The van der Waals surface area contributed by atoms with Gasteiger partial charge in [-0.3, -0.25) is 4.79 Å². The van der Waals surface area contributed by atoms with Crippen molar-refractivity contribution in [3.05, 3.63) is 53.6 Å². The van der Waals surface area contributed by atoms with Crippen molar-refractivity contribution in [3.8, 4) is 5.75 Å². The molecule has 0 spiro atoms. The molecule has 0 unspecified atom stereocenters. The van der Waals surface area contributed by atoms with Gasteiger partial charge in [0.05, 0.1) is 17.6 Å². The summed E-state index contributed by atoms with van der Waals surface area (Å²) < 4.78 is 33.0. The molecular weight excluding hydrogens is 378 g/mol. The first-order valence-electron chi connectivity index (χ1n) is 9.09. The summed E-state index contributed by atoms with van der Waals surface area (Å²) in [7, 11) is -0.878. The van der Waals surface area contributed by atoms with E-state index in [2.05, 4.69) is 28.8 Å². The maximum absolute atomic E-state index is 12.6. The Bertz CT molecular complexity index is 908. The van der Waals surface area contributed by atoms with Crippen molar-refractivity contribution in [2.75, 3.05) is 32.1 Å². The third-order valence-electron chi connectivity index (χ3n) is 4.48. The van der Waals surface area contributed by atoms with Crippen molar-refractivity contribution >= 4 is 21.6 Å². The highest BCUT2D eigenvalue weighted by molar-refractivity contribution is 7.89. The van der Waals surface area contributed by atoms with Gasteiger partial charge in [0.1, 0.15) is 5.75 Å². The van der Waals surface area contributed by atoms with Crippen LogP contribution in [0.15, 0.2) is 47.4 Å². The van der Waals surface area contributed by atoms with Gasteiger partial charge in [-0.15, -0.1) is 0 Å². The molecule has 0 aliphatic carbocycles. The number of rotatable bonds is 9. The Kier molecular flexibility index (Phi) is 7.42. The van der Waals surface area contributed by atoms with Gasteiger partial charge in [0.2, 0.25) is 10.0 Å². The molecule has 0 aromatic heterocycles. The summed E-state index contributed by atoms with van der Waals surface area (Å²) in [6.45, 7) is 6.16. The number of nitrogens with zero attached hydrogens (tertiary/aromatic N) is 1. The molecule has 2 N–H and O–H groups in total. The lowest BCUT2D eigenvalue weighted by atomic mass is 10.2. The molecule has 0 radical (unpaired) electrons. The molecule has 0 aliphatic rings. The molecule has 1 amide bonds. The van der Waals surface area contributed by atoms with Crippen LogP contribution in [0.1, 0.15) is 29.8 Å². The zero-order valence-corrected chi connectivity index (χ0v) is 17.5. The van der Waals surface area contributed by atoms with Crippen LogP contribution in [0.3, 0.4) is 0 Å². The van der Waals surface area contributed by atoms with Gasteiger partial charge in [-0.05, 0) is 49.7 Å². The van der Waals surface area contributed by atoms with Crippen LogP contribution in [0, 0.1) is 0 Å². The lowest BCUT2D eigenvalue weighted by Crippen LogP contribution is -2.25. The van der Waals surface area contributed by atoms with E-state index in [9.17, 15) is 13.2 Å². The highest BCUT2D eigenvalue weighted by Crippen LogP contribution is 2.23. The highest BCUT2D eigenvalue weighted by Gasteiger charge is 2.19. The molecule has 7 nitrogen and oxygen atoms in total. The number of benzene rings is 2. The van der Waals surface area contributed by atoms with Crippen LogP contribution in [0.25, 0.3) is 0 Å². The van der Waals surface area contributed by atoms with E-state index in [0.29, 0.717) is 5.75 Å². The van der Waals surface area contributed by atoms with Crippen LogP contribution < -0.4 is 19.7 Å². The maximum atomic E-state index is 12.6. The molecule has 0 bridgehead atoms.